The minimum Gasteiger partial charge on any atom is -0.475 e. The lowest BCUT2D eigenvalue weighted by atomic mass is 9.69. The van der Waals surface area contributed by atoms with Gasteiger partial charge >= 0.3 is 5.97 Å². The molecule has 0 fully saturated rings. The van der Waals surface area contributed by atoms with E-state index in [0.29, 0.717) is 23.4 Å². The summed E-state index contributed by atoms with van der Waals surface area (Å²) in [5, 5.41) is 11.0. The van der Waals surface area contributed by atoms with Gasteiger partial charge in [-0.05, 0) is 78.4 Å². The molecule has 1 heterocycles. The van der Waals surface area contributed by atoms with Crippen LogP contribution in [0.3, 0.4) is 0 Å². The number of rotatable bonds is 10. The van der Waals surface area contributed by atoms with E-state index in [0.717, 1.165) is 27.7 Å². The van der Waals surface area contributed by atoms with E-state index in [1.807, 2.05) is 60.7 Å². The van der Waals surface area contributed by atoms with E-state index >= 15 is 0 Å². The maximum atomic E-state index is 12.4. The fourth-order valence-electron chi connectivity index (χ4n) is 5.22. The Balaban J connectivity index is 1.71. The first-order valence-corrected chi connectivity index (χ1v) is 16.4. The summed E-state index contributed by atoms with van der Waals surface area (Å²) in [5.74, 6) is -2.35. The van der Waals surface area contributed by atoms with Gasteiger partial charge < -0.3 is 9.53 Å². The fraction of sp³-hybridized carbons (Fsp3) is 0.265. The smallest absolute Gasteiger partial charge is 0.377 e. The summed E-state index contributed by atoms with van der Waals surface area (Å²) < 4.78 is 6.89. The Hall–Kier alpha value is -3.58. The number of carbonyl (C=O) groups is 2. The number of fused-ring (bicyclic) bond motifs is 1. The van der Waals surface area contributed by atoms with Crippen LogP contribution in [0.1, 0.15) is 59.9 Å². The lowest BCUT2D eigenvalue weighted by Crippen LogP contribution is -2.46. The topological polar surface area (TPSA) is 76.5 Å². The summed E-state index contributed by atoms with van der Waals surface area (Å²) in [7, 11) is -1.15. The SMILES string of the molecule is C[Si](C)O[C@](CCc1ccccc1C(=O)C(=O)O)(c1cccc(C=Cc2ccc3ccc(Cl)cc3n2)c1)C(C)(C)C. The molecule has 5 nitrogen and oxygen atoms in total. The molecule has 1 N–H and O–H groups in total. The van der Waals surface area contributed by atoms with Crippen LogP contribution in [0.2, 0.25) is 18.1 Å². The highest BCUT2D eigenvalue weighted by Gasteiger charge is 2.45. The average molecular weight is 585 g/mol. The Labute approximate surface area is 248 Å². The zero-order valence-corrected chi connectivity index (χ0v) is 25.8. The molecule has 4 aromatic rings. The molecule has 1 atom stereocenters. The van der Waals surface area contributed by atoms with Crippen molar-refractivity contribution in [1.29, 1.82) is 0 Å². The largest absolute Gasteiger partial charge is 0.475 e. The number of Topliss-reactive ketones (excluding diaryl/α,β-unsaturated/α-hetero) is 1. The highest BCUT2D eigenvalue weighted by Crippen LogP contribution is 2.47. The number of nitrogens with zero attached hydrogens (tertiary/aromatic N) is 1. The number of ketones is 1. The predicted octanol–water partition coefficient (Wildman–Crippen LogP) is 8.47. The summed E-state index contributed by atoms with van der Waals surface area (Å²) in [6, 6.07) is 25.0. The van der Waals surface area contributed by atoms with Crippen molar-refractivity contribution in [1.82, 2.24) is 4.98 Å². The Kier molecular flexibility index (Phi) is 9.27. The third kappa shape index (κ3) is 7.01. The minimum atomic E-state index is -1.45. The molecule has 0 spiro atoms. The molecule has 0 aliphatic heterocycles. The zero-order valence-electron chi connectivity index (χ0n) is 24.1. The van der Waals surface area contributed by atoms with Gasteiger partial charge in [0.05, 0.1) is 16.8 Å². The lowest BCUT2D eigenvalue weighted by Gasteiger charge is -2.47. The second-order valence-electron chi connectivity index (χ2n) is 11.4. The molecule has 0 saturated carbocycles. The van der Waals surface area contributed by atoms with Crippen LogP contribution in [0.5, 0.6) is 0 Å². The molecule has 0 bridgehead atoms. The number of hydrogen-bond donors (Lipinski definition) is 1. The van der Waals surface area contributed by atoms with E-state index < -0.39 is 26.4 Å². The molecule has 1 aromatic heterocycles. The van der Waals surface area contributed by atoms with E-state index in [9.17, 15) is 14.7 Å². The summed E-state index contributed by atoms with van der Waals surface area (Å²) in [6.45, 7) is 10.7. The zero-order chi connectivity index (χ0) is 29.8. The number of aliphatic carboxylic acids is 1. The van der Waals surface area contributed by atoms with Crippen molar-refractivity contribution < 1.29 is 19.1 Å². The first kappa shape index (κ1) is 30.4. The summed E-state index contributed by atoms with van der Waals surface area (Å²) >= 11 is 6.17. The first-order valence-electron chi connectivity index (χ1n) is 13.6. The molecular weight excluding hydrogens is 550 g/mol. The number of carboxylic acids is 1. The summed E-state index contributed by atoms with van der Waals surface area (Å²) in [5.41, 5.74) is 3.67. The Morgan fingerprint density at radius 1 is 0.951 bits per heavy atom. The molecular formula is C34H35ClNO4Si. The van der Waals surface area contributed by atoms with Crippen LogP contribution in [0.4, 0.5) is 0 Å². The van der Waals surface area contributed by atoms with E-state index in [1.54, 1.807) is 12.1 Å². The second-order valence-corrected chi connectivity index (χ2v) is 13.9. The normalized spacial score (nSPS) is 13.5. The van der Waals surface area contributed by atoms with Gasteiger partial charge in [-0.3, -0.25) is 4.79 Å². The first-order chi connectivity index (χ1) is 19.4. The molecule has 211 valence electrons. The van der Waals surface area contributed by atoms with Gasteiger partial charge in [-0.2, -0.15) is 0 Å². The number of hydrogen-bond acceptors (Lipinski definition) is 4. The van der Waals surface area contributed by atoms with E-state index in [-0.39, 0.29) is 11.0 Å². The molecule has 4 rings (SSSR count). The molecule has 3 aromatic carbocycles. The van der Waals surface area contributed by atoms with Gasteiger partial charge in [0.1, 0.15) is 0 Å². The number of halogens is 1. The van der Waals surface area contributed by atoms with E-state index in [2.05, 4.69) is 52.1 Å². The van der Waals surface area contributed by atoms with Crippen molar-refractivity contribution >= 4 is 55.4 Å². The highest BCUT2D eigenvalue weighted by atomic mass is 35.5. The van der Waals surface area contributed by atoms with Crippen LogP contribution in [0.15, 0.2) is 78.9 Å². The van der Waals surface area contributed by atoms with E-state index in [4.69, 9.17) is 21.0 Å². The molecule has 0 aliphatic carbocycles. The molecule has 0 amide bonds. The number of carbonyl (C=O) groups excluding carboxylic acids is 1. The lowest BCUT2D eigenvalue weighted by molar-refractivity contribution is -0.131. The highest BCUT2D eigenvalue weighted by molar-refractivity contribution is 6.48. The molecule has 0 saturated heterocycles. The second kappa shape index (κ2) is 12.5. The van der Waals surface area contributed by atoms with Gasteiger partial charge in [0.15, 0.2) is 0 Å². The van der Waals surface area contributed by atoms with Gasteiger partial charge in [0.2, 0.25) is 9.04 Å². The Bertz CT molecular complexity index is 1610. The average Bonchev–Trinajstić information content (AvgIpc) is 2.93. The third-order valence-corrected chi connectivity index (χ3v) is 8.26. The van der Waals surface area contributed by atoms with Crippen molar-refractivity contribution in [2.45, 2.75) is 52.3 Å². The van der Waals surface area contributed by atoms with Crippen molar-refractivity contribution in [2.75, 3.05) is 0 Å². The van der Waals surface area contributed by atoms with Gasteiger partial charge in [-0.25, -0.2) is 9.78 Å². The maximum Gasteiger partial charge on any atom is 0.377 e. The van der Waals surface area contributed by atoms with E-state index in [1.165, 1.54) is 0 Å². The van der Waals surface area contributed by atoms with Crippen LogP contribution in [0.25, 0.3) is 23.1 Å². The Morgan fingerprint density at radius 2 is 1.68 bits per heavy atom. The quantitative estimate of drug-likeness (QED) is 0.115. The van der Waals surface area contributed by atoms with Crippen molar-refractivity contribution in [3.8, 4) is 0 Å². The van der Waals surface area contributed by atoms with Gasteiger partial charge in [0, 0.05) is 16.0 Å². The monoisotopic (exact) mass is 584 g/mol. The molecule has 1 radical (unpaired) electrons. The number of aryl methyl sites for hydroxylation is 1. The van der Waals surface area contributed by atoms with Gasteiger partial charge in [-0.1, -0.05) is 93.0 Å². The van der Waals surface area contributed by atoms with Crippen LogP contribution in [-0.4, -0.2) is 30.9 Å². The van der Waals surface area contributed by atoms with Crippen LogP contribution in [-0.2, 0) is 21.2 Å². The van der Waals surface area contributed by atoms with Crippen molar-refractivity contribution in [2.24, 2.45) is 5.41 Å². The number of pyridine rings is 1. The van der Waals surface area contributed by atoms with Crippen molar-refractivity contribution in [3.05, 3.63) is 112 Å². The molecule has 41 heavy (non-hydrogen) atoms. The Morgan fingerprint density at radius 3 is 2.39 bits per heavy atom. The summed E-state index contributed by atoms with van der Waals surface area (Å²) in [6.07, 6.45) is 5.10. The van der Waals surface area contributed by atoms with Gasteiger partial charge in [0.25, 0.3) is 5.78 Å². The minimum absolute atomic E-state index is 0.224. The standard InChI is InChI=1S/C34H35ClNO4Si/c1-33(2,3)34(40-41(4)5,20-19-24-10-6-7-12-29(24)31(37)32(38)39)26-11-8-9-23(21-26)13-17-28-18-15-25-14-16-27(35)22-30(25)36-28/h6-18,21-22H,19-20H2,1-5H3,(H,38,39)/t34-/m1/s1. The summed E-state index contributed by atoms with van der Waals surface area (Å²) in [4.78, 5) is 28.6. The molecule has 0 aliphatic rings. The van der Waals surface area contributed by atoms with Crippen LogP contribution in [0, 0.1) is 5.41 Å². The van der Waals surface area contributed by atoms with Crippen LogP contribution >= 0.6 is 11.6 Å². The predicted molar refractivity (Wildman–Crippen MR) is 169 cm³/mol. The van der Waals surface area contributed by atoms with Crippen LogP contribution < -0.4 is 0 Å². The van der Waals surface area contributed by atoms with Gasteiger partial charge in [-0.15, -0.1) is 0 Å². The number of aromatic nitrogens is 1. The fourth-order valence-corrected chi connectivity index (χ4v) is 6.61. The molecule has 7 heteroatoms. The van der Waals surface area contributed by atoms with Crippen molar-refractivity contribution in [3.63, 3.8) is 0 Å². The third-order valence-electron chi connectivity index (χ3n) is 7.27. The number of carboxylic acid groups (broad SMARTS) is 1. The number of benzene rings is 3. The maximum absolute atomic E-state index is 12.4. The molecule has 0 unspecified atom stereocenters.